The highest BCUT2D eigenvalue weighted by Crippen LogP contribution is 2.47. The minimum atomic E-state index is -4.66. The third-order valence-electron chi connectivity index (χ3n) is 6.07. The molecule has 8 heteroatoms. The zero-order valence-electron chi connectivity index (χ0n) is 18.0. The lowest BCUT2D eigenvalue weighted by atomic mass is 9.79. The molecule has 0 aromatic heterocycles. The van der Waals surface area contributed by atoms with Gasteiger partial charge in [0.1, 0.15) is 0 Å². The molecule has 0 radical (unpaired) electrons. The molecule has 32 heavy (non-hydrogen) atoms. The number of hydrogen-bond donors (Lipinski definition) is 0. The Labute approximate surface area is 183 Å². The van der Waals surface area contributed by atoms with Gasteiger partial charge in [-0.25, -0.2) is 0 Å². The minimum absolute atomic E-state index is 0.0115. The van der Waals surface area contributed by atoms with Gasteiger partial charge in [-0.3, -0.25) is 14.9 Å². The fraction of sp³-hybridized carbons (Fsp3) is 0.292. The van der Waals surface area contributed by atoms with E-state index in [9.17, 15) is 28.1 Å². The quantitative estimate of drug-likeness (QED) is 0.335. The number of fused-ring (bicyclic) bond motifs is 3. The summed E-state index contributed by atoms with van der Waals surface area (Å²) in [6.45, 7) is 7.61. The van der Waals surface area contributed by atoms with Crippen molar-refractivity contribution in [1.82, 2.24) is 4.90 Å². The average molecular weight is 442 g/mol. The van der Waals surface area contributed by atoms with Crippen molar-refractivity contribution < 1.29 is 22.9 Å². The molecular formula is C24H21F3N2O3. The average Bonchev–Trinajstić information content (AvgIpc) is 2.68. The molecule has 3 aliphatic rings. The van der Waals surface area contributed by atoms with Crippen molar-refractivity contribution in [2.24, 2.45) is 0 Å². The first-order valence-corrected chi connectivity index (χ1v) is 10.0. The van der Waals surface area contributed by atoms with E-state index in [-0.39, 0.29) is 17.0 Å². The van der Waals surface area contributed by atoms with Gasteiger partial charge in [0.05, 0.1) is 21.8 Å². The molecule has 2 aliphatic heterocycles. The SMILES string of the molecule is Cc1cc2c(cc1C)C1=CC(C(F)(F)F)=C/C(=C3/C=C([N+](=O)[O-])C=CC3=O)N1C(C)(C)C2. The summed E-state index contributed by atoms with van der Waals surface area (Å²) in [4.78, 5) is 25.0. The summed E-state index contributed by atoms with van der Waals surface area (Å²) in [7, 11) is 0. The Hall–Kier alpha value is -3.42. The summed E-state index contributed by atoms with van der Waals surface area (Å²) in [6.07, 6.45) is 1.02. The Bertz CT molecular complexity index is 1230. The van der Waals surface area contributed by atoms with Crippen LogP contribution < -0.4 is 0 Å². The Kier molecular flexibility index (Phi) is 4.80. The van der Waals surface area contributed by atoms with Crippen molar-refractivity contribution in [2.75, 3.05) is 0 Å². The number of hydrogen-bond acceptors (Lipinski definition) is 4. The number of carbonyl (C=O) groups excluding carboxylic acids is 1. The zero-order valence-corrected chi connectivity index (χ0v) is 18.0. The molecule has 0 unspecified atom stereocenters. The van der Waals surface area contributed by atoms with Crippen molar-refractivity contribution in [3.05, 3.63) is 97.4 Å². The maximum absolute atomic E-state index is 13.9. The van der Waals surface area contributed by atoms with Gasteiger partial charge < -0.3 is 4.90 Å². The lowest BCUT2D eigenvalue weighted by Crippen LogP contribution is -2.48. The molecule has 2 heterocycles. The van der Waals surface area contributed by atoms with Gasteiger partial charge in [-0.05, 0) is 75.1 Å². The number of allylic oxidation sites excluding steroid dienone is 7. The molecular weight excluding hydrogens is 421 g/mol. The van der Waals surface area contributed by atoms with Gasteiger partial charge in [-0.1, -0.05) is 6.07 Å². The van der Waals surface area contributed by atoms with Crippen LogP contribution in [0.4, 0.5) is 13.2 Å². The lowest BCUT2D eigenvalue weighted by molar-refractivity contribution is -0.419. The van der Waals surface area contributed by atoms with Crippen molar-refractivity contribution in [3.63, 3.8) is 0 Å². The van der Waals surface area contributed by atoms with Crippen molar-refractivity contribution in [3.8, 4) is 0 Å². The Balaban J connectivity index is 2.06. The number of nitro groups is 1. The Morgan fingerprint density at radius 3 is 2.34 bits per heavy atom. The van der Waals surface area contributed by atoms with Gasteiger partial charge in [0.2, 0.25) is 0 Å². The largest absolute Gasteiger partial charge is 0.416 e. The van der Waals surface area contributed by atoms with E-state index >= 15 is 0 Å². The predicted octanol–water partition coefficient (Wildman–Crippen LogP) is 5.34. The fourth-order valence-electron chi connectivity index (χ4n) is 4.44. The summed E-state index contributed by atoms with van der Waals surface area (Å²) >= 11 is 0. The second-order valence-electron chi connectivity index (χ2n) is 8.87. The molecule has 0 bridgehead atoms. The van der Waals surface area contributed by atoms with Crippen LogP contribution in [0, 0.1) is 24.0 Å². The van der Waals surface area contributed by atoms with E-state index in [0.29, 0.717) is 17.7 Å². The first-order chi connectivity index (χ1) is 14.8. The van der Waals surface area contributed by atoms with Crippen LogP contribution in [0.1, 0.15) is 36.1 Å². The molecule has 0 fully saturated rings. The van der Waals surface area contributed by atoms with Crippen LogP contribution >= 0.6 is 0 Å². The van der Waals surface area contributed by atoms with Gasteiger partial charge >= 0.3 is 6.18 Å². The van der Waals surface area contributed by atoms with E-state index in [1.54, 1.807) is 4.90 Å². The molecule has 0 spiro atoms. The Morgan fingerprint density at radius 2 is 1.72 bits per heavy atom. The third-order valence-corrected chi connectivity index (χ3v) is 6.07. The molecule has 166 valence electrons. The zero-order chi connectivity index (χ0) is 23.6. The van der Waals surface area contributed by atoms with E-state index in [2.05, 4.69) is 0 Å². The number of alkyl halides is 3. The molecule has 4 rings (SSSR count). The number of aryl methyl sites for hydroxylation is 2. The first-order valence-electron chi connectivity index (χ1n) is 10.0. The number of rotatable bonds is 1. The Morgan fingerprint density at radius 1 is 1.06 bits per heavy atom. The monoisotopic (exact) mass is 442 g/mol. The van der Waals surface area contributed by atoms with Gasteiger partial charge in [0.25, 0.3) is 5.70 Å². The summed E-state index contributed by atoms with van der Waals surface area (Å²) in [5.41, 5.74) is 1.83. The standard InChI is InChI=1S/C24H21F3N2O3/c1-13-7-15-12-23(3,4)28-20(18(15)8-14(13)2)9-16(24(25,26)27)10-21(28)19-11-17(29(31)32)5-6-22(19)30/h5-11H,12H2,1-4H3/b21-19+. The highest BCUT2D eigenvalue weighted by Gasteiger charge is 2.44. The lowest BCUT2D eigenvalue weighted by Gasteiger charge is -2.49. The van der Waals surface area contributed by atoms with E-state index in [0.717, 1.165) is 47.1 Å². The summed E-state index contributed by atoms with van der Waals surface area (Å²) in [5.74, 6) is -0.577. The van der Waals surface area contributed by atoms with Gasteiger partial charge in [0, 0.05) is 29.0 Å². The molecule has 1 aromatic rings. The van der Waals surface area contributed by atoms with Crippen LogP contribution in [0.15, 0.2) is 65.1 Å². The van der Waals surface area contributed by atoms with Gasteiger partial charge in [0.15, 0.2) is 5.78 Å². The van der Waals surface area contributed by atoms with Crippen molar-refractivity contribution in [1.29, 1.82) is 0 Å². The maximum atomic E-state index is 13.9. The molecule has 0 atom stereocenters. The number of nitrogens with zero attached hydrogens (tertiary/aromatic N) is 2. The second-order valence-corrected chi connectivity index (χ2v) is 8.87. The van der Waals surface area contributed by atoms with Crippen LogP contribution in [-0.4, -0.2) is 27.3 Å². The van der Waals surface area contributed by atoms with E-state index in [1.165, 1.54) is 0 Å². The van der Waals surface area contributed by atoms with E-state index in [1.807, 2.05) is 39.8 Å². The molecule has 1 aliphatic carbocycles. The number of halogens is 3. The molecule has 0 N–H and O–H groups in total. The van der Waals surface area contributed by atoms with Crippen LogP contribution in [0.25, 0.3) is 5.70 Å². The van der Waals surface area contributed by atoms with Crippen LogP contribution in [0.2, 0.25) is 0 Å². The third kappa shape index (κ3) is 3.49. The summed E-state index contributed by atoms with van der Waals surface area (Å²) in [6, 6.07) is 3.85. The molecule has 0 amide bonds. The van der Waals surface area contributed by atoms with E-state index in [4.69, 9.17) is 0 Å². The van der Waals surface area contributed by atoms with Crippen molar-refractivity contribution in [2.45, 2.75) is 45.8 Å². The molecule has 1 aromatic carbocycles. The first kappa shape index (κ1) is 21.8. The number of ketones is 1. The van der Waals surface area contributed by atoms with E-state index < -0.39 is 28.0 Å². The number of benzene rings is 1. The molecule has 0 saturated carbocycles. The topological polar surface area (TPSA) is 63.5 Å². The predicted molar refractivity (Wildman–Crippen MR) is 114 cm³/mol. The molecule has 0 saturated heterocycles. The summed E-state index contributed by atoms with van der Waals surface area (Å²) in [5, 5.41) is 11.3. The van der Waals surface area contributed by atoms with Crippen LogP contribution in [0.5, 0.6) is 0 Å². The highest BCUT2D eigenvalue weighted by atomic mass is 19.4. The van der Waals surface area contributed by atoms with Crippen molar-refractivity contribution >= 4 is 11.5 Å². The van der Waals surface area contributed by atoms with Gasteiger partial charge in [-0.15, -0.1) is 0 Å². The maximum Gasteiger partial charge on any atom is 0.416 e. The van der Waals surface area contributed by atoms with Crippen LogP contribution in [0.3, 0.4) is 0 Å². The smallest absolute Gasteiger partial charge is 0.334 e. The minimum Gasteiger partial charge on any atom is -0.334 e. The normalized spacial score (nSPS) is 22.0. The summed E-state index contributed by atoms with van der Waals surface area (Å²) < 4.78 is 41.6. The highest BCUT2D eigenvalue weighted by molar-refractivity contribution is 6.08. The molecule has 5 nitrogen and oxygen atoms in total. The second kappa shape index (κ2) is 7.05. The number of carbonyl (C=O) groups is 1. The van der Waals surface area contributed by atoms with Crippen LogP contribution in [-0.2, 0) is 11.2 Å². The fourth-order valence-corrected chi connectivity index (χ4v) is 4.44. The van der Waals surface area contributed by atoms with Gasteiger partial charge in [-0.2, -0.15) is 13.2 Å².